The second-order valence-electron chi connectivity index (χ2n) is 3.34. The van der Waals surface area contributed by atoms with Crippen LogP contribution >= 0.6 is 0 Å². The van der Waals surface area contributed by atoms with E-state index in [2.05, 4.69) is 5.32 Å². The number of nitrogens with one attached hydrogen (secondary N) is 1. The maximum absolute atomic E-state index is 11.8. The van der Waals surface area contributed by atoms with E-state index in [9.17, 15) is 18.4 Å². The van der Waals surface area contributed by atoms with Crippen LogP contribution in [-0.4, -0.2) is 30.0 Å². The fourth-order valence-electron chi connectivity index (χ4n) is 1.22. The predicted octanol–water partition coefficient (Wildman–Crippen LogP) is 1.31. The molecule has 0 unspecified atom stereocenters. The molecule has 0 heterocycles. The number of alkyl halides is 2. The van der Waals surface area contributed by atoms with Gasteiger partial charge in [0.2, 0.25) is 0 Å². The second-order valence-corrected chi connectivity index (χ2v) is 3.34. The lowest BCUT2D eigenvalue weighted by Gasteiger charge is -2.04. The molecule has 1 amide bonds. The minimum atomic E-state index is -3.01. The van der Waals surface area contributed by atoms with Gasteiger partial charge in [-0.3, -0.25) is 4.79 Å². The van der Waals surface area contributed by atoms with Crippen molar-refractivity contribution in [2.75, 3.05) is 6.54 Å². The molecule has 1 aromatic rings. The first-order chi connectivity index (χ1) is 8.00. The zero-order valence-electron chi connectivity index (χ0n) is 8.82. The van der Waals surface area contributed by atoms with Crippen LogP contribution in [0.1, 0.15) is 15.9 Å². The van der Waals surface area contributed by atoms with Gasteiger partial charge in [-0.25, -0.2) is 4.79 Å². The Morgan fingerprint density at radius 3 is 2.29 bits per heavy atom. The Labute approximate surface area is 96.3 Å². The Bertz CT molecular complexity index is 404. The minimum Gasteiger partial charge on any atom is -0.478 e. The Balaban J connectivity index is 2.42. The first kappa shape index (κ1) is 13.1. The van der Waals surface area contributed by atoms with Gasteiger partial charge < -0.3 is 10.4 Å². The van der Waals surface area contributed by atoms with Gasteiger partial charge in [-0.05, 0) is 24.1 Å². The number of hydrogen-bond donors (Lipinski definition) is 2. The lowest BCUT2D eigenvalue weighted by molar-refractivity contribution is -0.131. The van der Waals surface area contributed by atoms with Crippen LogP contribution in [0.5, 0.6) is 0 Å². The summed E-state index contributed by atoms with van der Waals surface area (Å²) in [4.78, 5) is 21.1. The SMILES string of the molecule is O=C(O)c1ccc(CCNC(=O)C(F)F)cc1. The summed E-state index contributed by atoms with van der Waals surface area (Å²) in [7, 11) is 0. The number of amides is 1. The largest absolute Gasteiger partial charge is 0.478 e. The van der Waals surface area contributed by atoms with Gasteiger partial charge in [0.25, 0.3) is 5.91 Å². The summed E-state index contributed by atoms with van der Waals surface area (Å²) >= 11 is 0. The fraction of sp³-hybridized carbons (Fsp3) is 0.273. The highest BCUT2D eigenvalue weighted by atomic mass is 19.3. The summed E-state index contributed by atoms with van der Waals surface area (Å²) in [5.41, 5.74) is 0.926. The molecular formula is C11H11F2NO3. The van der Waals surface area contributed by atoms with Crippen LogP contribution in [0.4, 0.5) is 8.78 Å². The first-order valence-corrected chi connectivity index (χ1v) is 4.89. The number of carbonyl (C=O) groups is 2. The Hall–Kier alpha value is -1.98. The Morgan fingerprint density at radius 2 is 1.82 bits per heavy atom. The number of rotatable bonds is 5. The molecular weight excluding hydrogens is 232 g/mol. The van der Waals surface area contributed by atoms with Crippen molar-refractivity contribution in [2.24, 2.45) is 0 Å². The lowest BCUT2D eigenvalue weighted by atomic mass is 10.1. The lowest BCUT2D eigenvalue weighted by Crippen LogP contribution is -2.31. The Kier molecular flexibility index (Phi) is 4.56. The minimum absolute atomic E-state index is 0.0928. The van der Waals surface area contributed by atoms with E-state index in [1.54, 1.807) is 12.1 Å². The first-order valence-electron chi connectivity index (χ1n) is 4.89. The van der Waals surface area contributed by atoms with E-state index >= 15 is 0 Å². The van der Waals surface area contributed by atoms with Crippen LogP contribution < -0.4 is 5.32 Å². The third-order valence-corrected chi connectivity index (χ3v) is 2.11. The molecule has 0 radical (unpaired) electrons. The molecule has 0 aliphatic heterocycles. The highest BCUT2D eigenvalue weighted by Crippen LogP contribution is 2.04. The van der Waals surface area contributed by atoms with Crippen LogP contribution in [-0.2, 0) is 11.2 Å². The number of carboxylic acids is 1. The predicted molar refractivity (Wildman–Crippen MR) is 56.1 cm³/mol. The molecule has 0 saturated carbocycles. The summed E-state index contributed by atoms with van der Waals surface area (Å²) < 4.78 is 23.6. The maximum Gasteiger partial charge on any atom is 0.335 e. The normalized spacial score (nSPS) is 10.3. The standard InChI is InChI=1S/C11H11F2NO3/c12-9(13)10(15)14-6-5-7-1-3-8(4-2-7)11(16)17/h1-4,9H,5-6H2,(H,14,15)(H,16,17). The van der Waals surface area contributed by atoms with Crippen molar-refractivity contribution in [1.29, 1.82) is 0 Å². The third-order valence-electron chi connectivity index (χ3n) is 2.11. The average molecular weight is 243 g/mol. The van der Waals surface area contributed by atoms with Gasteiger partial charge in [0.1, 0.15) is 0 Å². The van der Waals surface area contributed by atoms with Gasteiger partial charge >= 0.3 is 12.4 Å². The monoisotopic (exact) mass is 243 g/mol. The molecule has 92 valence electrons. The van der Waals surface area contributed by atoms with Gasteiger partial charge in [0.05, 0.1) is 5.56 Å². The van der Waals surface area contributed by atoms with Crippen LogP contribution in [0.25, 0.3) is 0 Å². The van der Waals surface area contributed by atoms with Crippen molar-refractivity contribution in [1.82, 2.24) is 5.32 Å². The van der Waals surface area contributed by atoms with Crippen LogP contribution in [0.2, 0.25) is 0 Å². The number of hydrogen-bond acceptors (Lipinski definition) is 2. The van der Waals surface area contributed by atoms with E-state index in [1.807, 2.05) is 0 Å². The Morgan fingerprint density at radius 1 is 1.24 bits per heavy atom. The molecule has 0 aromatic heterocycles. The van der Waals surface area contributed by atoms with E-state index in [-0.39, 0.29) is 12.1 Å². The molecule has 0 aliphatic carbocycles. The molecule has 0 saturated heterocycles. The zero-order valence-corrected chi connectivity index (χ0v) is 8.82. The van der Waals surface area contributed by atoms with E-state index < -0.39 is 18.3 Å². The molecule has 6 heteroatoms. The number of carboxylic acid groups (broad SMARTS) is 1. The van der Waals surface area contributed by atoms with Gasteiger partial charge in [-0.1, -0.05) is 12.1 Å². The molecule has 1 aromatic carbocycles. The van der Waals surface area contributed by atoms with Crippen LogP contribution in [0.15, 0.2) is 24.3 Å². The van der Waals surface area contributed by atoms with Crippen LogP contribution in [0.3, 0.4) is 0 Å². The van der Waals surface area contributed by atoms with Gasteiger partial charge in [-0.2, -0.15) is 8.78 Å². The number of halogens is 2. The van der Waals surface area contributed by atoms with Crippen LogP contribution in [0, 0.1) is 0 Å². The van der Waals surface area contributed by atoms with Crippen molar-refractivity contribution >= 4 is 11.9 Å². The van der Waals surface area contributed by atoms with Crippen molar-refractivity contribution < 1.29 is 23.5 Å². The van der Waals surface area contributed by atoms with Gasteiger partial charge in [0.15, 0.2) is 0 Å². The summed E-state index contributed by atoms with van der Waals surface area (Å²) in [6.45, 7) is 0.0928. The van der Waals surface area contributed by atoms with E-state index in [0.717, 1.165) is 5.56 Å². The molecule has 17 heavy (non-hydrogen) atoms. The zero-order chi connectivity index (χ0) is 12.8. The number of benzene rings is 1. The second kappa shape index (κ2) is 5.93. The smallest absolute Gasteiger partial charge is 0.335 e. The van der Waals surface area contributed by atoms with Crippen molar-refractivity contribution in [2.45, 2.75) is 12.8 Å². The number of aromatic carboxylic acids is 1. The topological polar surface area (TPSA) is 66.4 Å². The molecule has 0 spiro atoms. The van der Waals surface area contributed by atoms with Crippen molar-refractivity contribution in [3.05, 3.63) is 35.4 Å². The van der Waals surface area contributed by atoms with E-state index in [0.29, 0.717) is 6.42 Å². The van der Waals surface area contributed by atoms with Gasteiger partial charge in [-0.15, -0.1) is 0 Å². The highest BCUT2D eigenvalue weighted by molar-refractivity contribution is 5.87. The number of carbonyl (C=O) groups excluding carboxylic acids is 1. The summed E-state index contributed by atoms with van der Waals surface area (Å²) in [5, 5.41) is 10.7. The molecule has 0 aliphatic rings. The molecule has 1 rings (SSSR count). The van der Waals surface area contributed by atoms with Crippen molar-refractivity contribution in [3.8, 4) is 0 Å². The molecule has 0 bridgehead atoms. The molecule has 4 nitrogen and oxygen atoms in total. The van der Waals surface area contributed by atoms with Crippen molar-refractivity contribution in [3.63, 3.8) is 0 Å². The van der Waals surface area contributed by atoms with Gasteiger partial charge in [0, 0.05) is 6.54 Å². The van der Waals surface area contributed by atoms with E-state index in [4.69, 9.17) is 5.11 Å². The molecule has 0 fully saturated rings. The molecule has 2 N–H and O–H groups in total. The molecule has 0 atom stereocenters. The average Bonchev–Trinajstić information content (AvgIpc) is 2.29. The summed E-state index contributed by atoms with van der Waals surface area (Å²) in [5.74, 6) is -2.32. The quantitative estimate of drug-likeness (QED) is 0.819. The summed E-state index contributed by atoms with van der Waals surface area (Å²) in [6, 6.07) is 6.01. The summed E-state index contributed by atoms with van der Waals surface area (Å²) in [6.07, 6.45) is -2.64. The fourth-order valence-corrected chi connectivity index (χ4v) is 1.22. The highest BCUT2D eigenvalue weighted by Gasteiger charge is 2.13. The van der Waals surface area contributed by atoms with E-state index in [1.165, 1.54) is 12.1 Å². The maximum atomic E-state index is 11.8. The third kappa shape index (κ3) is 4.18.